The molecule has 0 unspecified atom stereocenters. The third kappa shape index (κ3) is 4.07. The number of rotatable bonds is 3. The summed E-state index contributed by atoms with van der Waals surface area (Å²) in [6.45, 7) is 0.990. The molecule has 0 atom stereocenters. The first kappa shape index (κ1) is 14.0. The number of halogens is 2. The molecule has 1 aromatic carbocycles. The van der Waals surface area contributed by atoms with Crippen molar-refractivity contribution in [2.24, 2.45) is 5.92 Å². The van der Waals surface area contributed by atoms with Gasteiger partial charge < -0.3 is 5.32 Å². The van der Waals surface area contributed by atoms with Crippen molar-refractivity contribution in [3.63, 3.8) is 0 Å². The largest absolute Gasteiger partial charge is 0.382 e. The molecule has 100 valence electrons. The Hall–Kier alpha value is -0.400. The molecule has 3 heteroatoms. The van der Waals surface area contributed by atoms with E-state index in [-0.39, 0.29) is 0 Å². The molecule has 0 bridgehead atoms. The SMILES string of the molecule is Clc1cccc(Cl)c1NCC1CCCCCCC1. The number of anilines is 1. The van der Waals surface area contributed by atoms with E-state index in [4.69, 9.17) is 23.2 Å². The first-order valence-corrected chi connectivity index (χ1v) is 7.71. The van der Waals surface area contributed by atoms with Gasteiger partial charge in [0.05, 0.1) is 15.7 Å². The molecule has 0 aromatic heterocycles. The Kier molecular flexibility index (Phi) is 5.65. The van der Waals surface area contributed by atoms with Crippen LogP contribution in [-0.2, 0) is 0 Å². The molecule has 0 radical (unpaired) electrons. The van der Waals surface area contributed by atoms with E-state index in [0.29, 0.717) is 10.0 Å². The van der Waals surface area contributed by atoms with Crippen molar-refractivity contribution in [3.8, 4) is 0 Å². The lowest BCUT2D eigenvalue weighted by atomic mass is 9.91. The van der Waals surface area contributed by atoms with Gasteiger partial charge in [-0.05, 0) is 30.9 Å². The van der Waals surface area contributed by atoms with Crippen molar-refractivity contribution < 1.29 is 0 Å². The molecule has 0 spiro atoms. The zero-order valence-electron chi connectivity index (χ0n) is 10.7. The highest BCUT2D eigenvalue weighted by atomic mass is 35.5. The first-order chi connectivity index (χ1) is 8.77. The van der Waals surface area contributed by atoms with Crippen LogP contribution in [0.25, 0.3) is 0 Å². The number of para-hydroxylation sites is 1. The van der Waals surface area contributed by atoms with Gasteiger partial charge in [0.15, 0.2) is 0 Å². The minimum atomic E-state index is 0.716. The summed E-state index contributed by atoms with van der Waals surface area (Å²) in [5.41, 5.74) is 0.892. The molecule has 1 nitrogen and oxygen atoms in total. The quantitative estimate of drug-likeness (QED) is 0.744. The number of hydrogen-bond donors (Lipinski definition) is 1. The summed E-state index contributed by atoms with van der Waals surface area (Å²) in [5.74, 6) is 0.762. The van der Waals surface area contributed by atoms with Crippen molar-refractivity contribution in [2.75, 3.05) is 11.9 Å². The van der Waals surface area contributed by atoms with E-state index in [2.05, 4.69) is 5.32 Å². The molecule has 0 saturated heterocycles. The van der Waals surface area contributed by atoms with Crippen LogP contribution in [0.4, 0.5) is 5.69 Å². The Bertz CT molecular complexity index is 351. The monoisotopic (exact) mass is 285 g/mol. The summed E-state index contributed by atoms with van der Waals surface area (Å²) in [5, 5.41) is 4.87. The van der Waals surface area contributed by atoms with Crippen molar-refractivity contribution in [1.29, 1.82) is 0 Å². The topological polar surface area (TPSA) is 12.0 Å². The average molecular weight is 286 g/mol. The second kappa shape index (κ2) is 7.25. The third-order valence-corrected chi connectivity index (χ3v) is 4.38. The molecule has 1 aromatic rings. The predicted molar refractivity (Wildman–Crippen MR) is 80.8 cm³/mol. The van der Waals surface area contributed by atoms with E-state index < -0.39 is 0 Å². The Morgan fingerprint density at radius 3 is 2.11 bits per heavy atom. The Balaban J connectivity index is 1.89. The average Bonchev–Trinajstić information content (AvgIpc) is 2.30. The van der Waals surface area contributed by atoms with Crippen LogP contribution < -0.4 is 5.32 Å². The van der Waals surface area contributed by atoms with E-state index in [1.54, 1.807) is 0 Å². The van der Waals surface area contributed by atoms with E-state index in [1.165, 1.54) is 44.9 Å². The summed E-state index contributed by atoms with van der Waals surface area (Å²) >= 11 is 12.3. The number of nitrogens with one attached hydrogen (secondary N) is 1. The molecule has 1 saturated carbocycles. The van der Waals surface area contributed by atoms with Crippen LogP contribution in [0.15, 0.2) is 18.2 Å². The van der Waals surface area contributed by atoms with Crippen LogP contribution in [0.3, 0.4) is 0 Å². The second-order valence-corrected chi connectivity index (χ2v) is 6.00. The Labute approximate surface area is 120 Å². The van der Waals surface area contributed by atoms with Crippen molar-refractivity contribution in [1.82, 2.24) is 0 Å². The lowest BCUT2D eigenvalue weighted by Crippen LogP contribution is -2.16. The standard InChI is InChI=1S/C15H21Cl2N/c16-13-9-6-10-14(17)15(13)18-11-12-7-4-2-1-3-5-8-12/h6,9-10,12,18H,1-5,7-8,11H2. The maximum atomic E-state index is 6.16. The highest BCUT2D eigenvalue weighted by Gasteiger charge is 2.12. The van der Waals surface area contributed by atoms with Gasteiger partial charge in [0.25, 0.3) is 0 Å². The summed E-state index contributed by atoms with van der Waals surface area (Å²) < 4.78 is 0. The fraction of sp³-hybridized carbons (Fsp3) is 0.600. The van der Waals surface area contributed by atoms with Crippen LogP contribution in [-0.4, -0.2) is 6.54 Å². The maximum Gasteiger partial charge on any atom is 0.0719 e. The third-order valence-electron chi connectivity index (χ3n) is 3.76. The van der Waals surface area contributed by atoms with Crippen LogP contribution in [0, 0.1) is 5.92 Å². The minimum Gasteiger partial charge on any atom is -0.382 e. The van der Waals surface area contributed by atoms with Crippen LogP contribution >= 0.6 is 23.2 Å². The molecular weight excluding hydrogens is 265 g/mol. The van der Waals surface area contributed by atoms with Gasteiger partial charge in [0, 0.05) is 6.54 Å². The molecule has 1 aliphatic carbocycles. The van der Waals surface area contributed by atoms with E-state index >= 15 is 0 Å². The lowest BCUT2D eigenvalue weighted by Gasteiger charge is -2.21. The van der Waals surface area contributed by atoms with E-state index in [9.17, 15) is 0 Å². The molecule has 1 aliphatic rings. The lowest BCUT2D eigenvalue weighted by molar-refractivity contribution is 0.392. The van der Waals surface area contributed by atoms with Gasteiger partial charge in [-0.1, -0.05) is 61.4 Å². The smallest absolute Gasteiger partial charge is 0.0719 e. The molecule has 1 fully saturated rings. The van der Waals surface area contributed by atoms with Gasteiger partial charge in [-0.2, -0.15) is 0 Å². The van der Waals surface area contributed by atoms with Crippen LogP contribution in [0.5, 0.6) is 0 Å². The van der Waals surface area contributed by atoms with Crippen LogP contribution in [0.2, 0.25) is 10.0 Å². The highest BCUT2D eigenvalue weighted by molar-refractivity contribution is 6.39. The van der Waals surface area contributed by atoms with Gasteiger partial charge in [-0.15, -0.1) is 0 Å². The normalized spacial score (nSPS) is 18.1. The molecule has 0 heterocycles. The summed E-state index contributed by atoms with van der Waals surface area (Å²) in [6.07, 6.45) is 9.58. The fourth-order valence-electron chi connectivity index (χ4n) is 2.66. The van der Waals surface area contributed by atoms with E-state index in [1.807, 2.05) is 18.2 Å². The minimum absolute atomic E-state index is 0.716. The van der Waals surface area contributed by atoms with Gasteiger partial charge in [-0.3, -0.25) is 0 Å². The zero-order valence-corrected chi connectivity index (χ0v) is 12.2. The van der Waals surface area contributed by atoms with Gasteiger partial charge in [0.2, 0.25) is 0 Å². The van der Waals surface area contributed by atoms with Gasteiger partial charge in [0.1, 0.15) is 0 Å². The molecule has 1 N–H and O–H groups in total. The molecule has 18 heavy (non-hydrogen) atoms. The zero-order chi connectivity index (χ0) is 12.8. The number of benzene rings is 1. The van der Waals surface area contributed by atoms with E-state index in [0.717, 1.165) is 18.2 Å². The second-order valence-electron chi connectivity index (χ2n) is 5.19. The first-order valence-electron chi connectivity index (χ1n) is 6.95. The predicted octanol–water partition coefficient (Wildman–Crippen LogP) is 5.77. The van der Waals surface area contributed by atoms with Crippen LogP contribution in [0.1, 0.15) is 44.9 Å². The van der Waals surface area contributed by atoms with Gasteiger partial charge in [-0.25, -0.2) is 0 Å². The maximum absolute atomic E-state index is 6.16. The fourth-order valence-corrected chi connectivity index (χ4v) is 3.19. The number of hydrogen-bond acceptors (Lipinski definition) is 1. The Morgan fingerprint density at radius 1 is 0.944 bits per heavy atom. The van der Waals surface area contributed by atoms with Crippen molar-refractivity contribution >= 4 is 28.9 Å². The van der Waals surface area contributed by atoms with Gasteiger partial charge >= 0.3 is 0 Å². The summed E-state index contributed by atoms with van der Waals surface area (Å²) in [4.78, 5) is 0. The molecule has 2 rings (SSSR count). The summed E-state index contributed by atoms with van der Waals surface area (Å²) in [6, 6.07) is 5.65. The Morgan fingerprint density at radius 2 is 1.50 bits per heavy atom. The summed E-state index contributed by atoms with van der Waals surface area (Å²) in [7, 11) is 0. The van der Waals surface area contributed by atoms with Crippen molar-refractivity contribution in [2.45, 2.75) is 44.9 Å². The molecule has 0 amide bonds. The van der Waals surface area contributed by atoms with Crippen molar-refractivity contribution in [3.05, 3.63) is 28.2 Å². The molecular formula is C15H21Cl2N. The molecule has 0 aliphatic heterocycles. The highest BCUT2D eigenvalue weighted by Crippen LogP contribution is 2.31.